The smallest absolute Gasteiger partial charge is 0.416 e. The number of halogens is 3. The van der Waals surface area contributed by atoms with E-state index in [1.807, 2.05) is 0 Å². The lowest BCUT2D eigenvalue weighted by Gasteiger charge is -2.14. The average Bonchev–Trinajstić information content (AvgIpc) is 2.26. The third-order valence-electron chi connectivity index (χ3n) is 2.56. The van der Waals surface area contributed by atoms with E-state index in [4.69, 9.17) is 5.11 Å². The topological polar surface area (TPSA) is 66.4 Å². The van der Waals surface area contributed by atoms with Gasteiger partial charge in [0.25, 0.3) is 0 Å². The van der Waals surface area contributed by atoms with Gasteiger partial charge >= 0.3 is 12.1 Å². The minimum Gasteiger partial charge on any atom is -0.481 e. The molecule has 1 aromatic rings. The van der Waals surface area contributed by atoms with E-state index in [9.17, 15) is 22.8 Å². The minimum atomic E-state index is -4.52. The fraction of sp³-hybridized carbons (Fsp3) is 0.385. The second-order valence-corrected chi connectivity index (χ2v) is 4.40. The van der Waals surface area contributed by atoms with E-state index in [-0.39, 0.29) is 12.0 Å². The first-order valence-electron chi connectivity index (χ1n) is 5.86. The Morgan fingerprint density at radius 1 is 1.30 bits per heavy atom. The van der Waals surface area contributed by atoms with E-state index in [1.54, 1.807) is 0 Å². The molecule has 0 aliphatic carbocycles. The van der Waals surface area contributed by atoms with Crippen molar-refractivity contribution in [2.45, 2.75) is 32.0 Å². The molecule has 2 N–H and O–H groups in total. The zero-order valence-electron chi connectivity index (χ0n) is 10.7. The van der Waals surface area contributed by atoms with E-state index < -0.39 is 36.1 Å². The molecular formula is C13H14F3NO3. The number of carboxylic acids is 1. The van der Waals surface area contributed by atoms with Gasteiger partial charge in [0.1, 0.15) is 0 Å². The number of carbonyl (C=O) groups is 2. The largest absolute Gasteiger partial charge is 0.481 e. The summed E-state index contributed by atoms with van der Waals surface area (Å²) < 4.78 is 38.2. The fourth-order valence-electron chi connectivity index (χ4n) is 1.76. The van der Waals surface area contributed by atoms with Gasteiger partial charge in [-0.05, 0) is 18.6 Å². The molecule has 0 spiro atoms. The van der Waals surface area contributed by atoms with Crippen LogP contribution in [-0.2, 0) is 22.2 Å². The number of aliphatic carboxylic acids is 1. The molecule has 7 heteroatoms. The van der Waals surface area contributed by atoms with Crippen molar-refractivity contribution in [2.24, 2.45) is 0 Å². The van der Waals surface area contributed by atoms with E-state index >= 15 is 0 Å². The summed E-state index contributed by atoms with van der Waals surface area (Å²) in [6.45, 7) is 1.47. The molecule has 1 aromatic carbocycles. The van der Waals surface area contributed by atoms with Gasteiger partial charge in [0.15, 0.2) is 0 Å². The van der Waals surface area contributed by atoms with Crippen LogP contribution in [0.15, 0.2) is 24.3 Å². The fourth-order valence-corrected chi connectivity index (χ4v) is 1.76. The van der Waals surface area contributed by atoms with Crippen molar-refractivity contribution in [2.75, 3.05) is 0 Å². The monoisotopic (exact) mass is 289 g/mol. The SMILES string of the molecule is CC(CC(=O)O)NC(=O)Cc1ccccc1C(F)(F)F. The summed E-state index contributed by atoms with van der Waals surface area (Å²) in [4.78, 5) is 22.0. The van der Waals surface area contributed by atoms with Crippen LogP contribution in [0.3, 0.4) is 0 Å². The maximum atomic E-state index is 12.7. The van der Waals surface area contributed by atoms with Gasteiger partial charge in [0.05, 0.1) is 18.4 Å². The van der Waals surface area contributed by atoms with Crippen molar-refractivity contribution in [1.29, 1.82) is 0 Å². The van der Waals surface area contributed by atoms with Gasteiger partial charge in [0, 0.05) is 6.04 Å². The zero-order valence-corrected chi connectivity index (χ0v) is 10.7. The number of hydrogen-bond donors (Lipinski definition) is 2. The van der Waals surface area contributed by atoms with Crippen molar-refractivity contribution < 1.29 is 27.9 Å². The van der Waals surface area contributed by atoms with Crippen LogP contribution >= 0.6 is 0 Å². The van der Waals surface area contributed by atoms with Gasteiger partial charge in [0.2, 0.25) is 5.91 Å². The molecule has 20 heavy (non-hydrogen) atoms. The van der Waals surface area contributed by atoms with Crippen molar-refractivity contribution in [3.63, 3.8) is 0 Å². The van der Waals surface area contributed by atoms with Crippen LogP contribution in [0.2, 0.25) is 0 Å². The van der Waals surface area contributed by atoms with Crippen LogP contribution in [0.5, 0.6) is 0 Å². The molecule has 1 amide bonds. The molecule has 1 atom stereocenters. The Morgan fingerprint density at radius 3 is 2.45 bits per heavy atom. The number of alkyl halides is 3. The lowest BCUT2D eigenvalue weighted by Crippen LogP contribution is -2.35. The highest BCUT2D eigenvalue weighted by Crippen LogP contribution is 2.31. The summed E-state index contributed by atoms with van der Waals surface area (Å²) >= 11 is 0. The summed E-state index contributed by atoms with van der Waals surface area (Å²) in [6, 6.07) is 4.15. The highest BCUT2D eigenvalue weighted by Gasteiger charge is 2.33. The number of benzene rings is 1. The maximum Gasteiger partial charge on any atom is 0.416 e. The molecule has 0 bridgehead atoms. The quantitative estimate of drug-likeness (QED) is 0.873. The van der Waals surface area contributed by atoms with E-state index in [0.29, 0.717) is 0 Å². The van der Waals surface area contributed by atoms with Crippen molar-refractivity contribution in [1.82, 2.24) is 5.32 Å². The zero-order chi connectivity index (χ0) is 15.3. The average molecular weight is 289 g/mol. The van der Waals surface area contributed by atoms with Gasteiger partial charge in [-0.25, -0.2) is 0 Å². The van der Waals surface area contributed by atoms with Crippen LogP contribution < -0.4 is 5.32 Å². The number of amides is 1. The van der Waals surface area contributed by atoms with Crippen LogP contribution in [0.1, 0.15) is 24.5 Å². The maximum absolute atomic E-state index is 12.7. The van der Waals surface area contributed by atoms with E-state index in [2.05, 4.69) is 5.32 Å². The van der Waals surface area contributed by atoms with Gasteiger partial charge in [-0.2, -0.15) is 13.2 Å². The van der Waals surface area contributed by atoms with Crippen LogP contribution in [0.25, 0.3) is 0 Å². The molecule has 110 valence electrons. The number of rotatable bonds is 5. The number of hydrogen-bond acceptors (Lipinski definition) is 2. The molecule has 0 radical (unpaired) electrons. The van der Waals surface area contributed by atoms with Crippen LogP contribution in [-0.4, -0.2) is 23.0 Å². The number of carbonyl (C=O) groups excluding carboxylic acids is 1. The summed E-state index contributed by atoms with van der Waals surface area (Å²) in [5.41, 5.74) is -0.999. The normalized spacial score (nSPS) is 12.8. The highest BCUT2D eigenvalue weighted by molar-refractivity contribution is 5.80. The molecule has 0 aliphatic heterocycles. The second-order valence-electron chi connectivity index (χ2n) is 4.40. The minimum absolute atomic E-state index is 0.139. The lowest BCUT2D eigenvalue weighted by molar-refractivity contribution is -0.138. The molecule has 1 unspecified atom stereocenters. The van der Waals surface area contributed by atoms with Gasteiger partial charge in [-0.15, -0.1) is 0 Å². The third-order valence-corrected chi connectivity index (χ3v) is 2.56. The van der Waals surface area contributed by atoms with Crippen LogP contribution in [0, 0.1) is 0 Å². The summed E-state index contributed by atoms with van der Waals surface area (Å²) in [5, 5.41) is 10.9. The van der Waals surface area contributed by atoms with Crippen molar-refractivity contribution in [3.05, 3.63) is 35.4 Å². The molecule has 0 saturated heterocycles. The first-order chi connectivity index (χ1) is 9.20. The van der Waals surface area contributed by atoms with Gasteiger partial charge < -0.3 is 10.4 Å². The summed E-state index contributed by atoms with van der Waals surface area (Å²) in [5.74, 6) is -1.73. The molecule has 4 nitrogen and oxygen atoms in total. The molecule has 0 saturated carbocycles. The van der Waals surface area contributed by atoms with E-state index in [1.165, 1.54) is 25.1 Å². The molecule has 0 aliphatic rings. The lowest BCUT2D eigenvalue weighted by atomic mass is 10.0. The molecule has 0 heterocycles. The number of carboxylic acid groups (broad SMARTS) is 1. The Balaban J connectivity index is 2.74. The Labute approximate surface area is 113 Å². The first kappa shape index (κ1) is 16.0. The summed E-state index contributed by atoms with van der Waals surface area (Å²) in [7, 11) is 0. The molecule has 1 rings (SSSR count). The van der Waals surface area contributed by atoms with E-state index in [0.717, 1.165) is 6.07 Å². The Bertz CT molecular complexity index is 500. The van der Waals surface area contributed by atoms with Crippen LogP contribution in [0.4, 0.5) is 13.2 Å². The Morgan fingerprint density at radius 2 is 1.90 bits per heavy atom. The predicted octanol–water partition coefficient (Wildman–Crippen LogP) is 2.23. The molecule has 0 fully saturated rings. The molecular weight excluding hydrogens is 275 g/mol. The van der Waals surface area contributed by atoms with Crippen molar-refractivity contribution >= 4 is 11.9 Å². The Hall–Kier alpha value is -2.05. The van der Waals surface area contributed by atoms with Crippen molar-refractivity contribution in [3.8, 4) is 0 Å². The second kappa shape index (κ2) is 6.40. The standard InChI is InChI=1S/C13H14F3NO3/c1-8(6-12(19)20)17-11(18)7-9-4-2-3-5-10(9)13(14,15)16/h2-5,8H,6-7H2,1H3,(H,17,18)(H,19,20). The predicted molar refractivity (Wildman–Crippen MR) is 65.0 cm³/mol. The highest BCUT2D eigenvalue weighted by atomic mass is 19.4. The Kier molecular flexibility index (Phi) is 5.12. The molecule has 0 aromatic heterocycles. The summed E-state index contributed by atoms with van der Waals surface area (Å²) in [6.07, 6.45) is -5.25. The number of nitrogens with one attached hydrogen (secondary N) is 1. The van der Waals surface area contributed by atoms with Gasteiger partial charge in [-0.3, -0.25) is 9.59 Å². The first-order valence-corrected chi connectivity index (χ1v) is 5.86. The van der Waals surface area contributed by atoms with Gasteiger partial charge in [-0.1, -0.05) is 18.2 Å². The third kappa shape index (κ3) is 4.91.